The second-order valence-electron chi connectivity index (χ2n) is 4.76. The number of nitrogens with zero attached hydrogens (tertiary/aromatic N) is 1. The number of benzene rings is 1. The molecule has 1 unspecified atom stereocenters. The van der Waals surface area contributed by atoms with E-state index in [1.54, 1.807) is 7.11 Å². The molecule has 1 aromatic rings. The molecule has 0 amide bonds. The van der Waals surface area contributed by atoms with Crippen molar-refractivity contribution in [2.75, 3.05) is 27.4 Å². The number of methoxy groups -OCH3 is 1. The first-order valence-electron chi connectivity index (χ1n) is 6.70. The van der Waals surface area contributed by atoms with Crippen LogP contribution in [-0.2, 0) is 6.54 Å². The summed E-state index contributed by atoms with van der Waals surface area (Å²) >= 11 is 0. The van der Waals surface area contributed by atoms with Crippen molar-refractivity contribution in [1.82, 2.24) is 4.90 Å². The lowest BCUT2D eigenvalue weighted by Gasteiger charge is -2.23. The normalized spacial score (nSPS) is 11.9. The van der Waals surface area contributed by atoms with E-state index in [2.05, 4.69) is 16.7 Å². The Morgan fingerprint density at radius 3 is 2.70 bits per heavy atom. The van der Waals surface area contributed by atoms with E-state index < -0.39 is 0 Å². The average molecular weight is 277 g/mol. The fourth-order valence-corrected chi connectivity index (χ4v) is 1.75. The highest BCUT2D eigenvalue weighted by Crippen LogP contribution is 2.20. The van der Waals surface area contributed by atoms with Crippen molar-refractivity contribution >= 4 is 0 Å². The van der Waals surface area contributed by atoms with E-state index in [-0.39, 0.29) is 19.3 Å². The molecule has 110 valence electrons. The lowest BCUT2D eigenvalue weighted by molar-refractivity contribution is 0.154. The molecule has 0 fully saturated rings. The molecule has 1 aromatic carbocycles. The molecule has 0 aliphatic carbocycles. The Balaban J connectivity index is 2.90. The van der Waals surface area contributed by atoms with Gasteiger partial charge in [-0.05, 0) is 31.7 Å². The van der Waals surface area contributed by atoms with Gasteiger partial charge in [0.25, 0.3) is 0 Å². The van der Waals surface area contributed by atoms with Gasteiger partial charge in [-0.3, -0.25) is 4.90 Å². The summed E-state index contributed by atoms with van der Waals surface area (Å²) in [4.78, 5) is 2.08. The van der Waals surface area contributed by atoms with Gasteiger partial charge in [0, 0.05) is 19.0 Å². The molecule has 1 rings (SSSR count). The quantitative estimate of drug-likeness (QED) is 0.768. The molecule has 0 radical (unpaired) electrons. The van der Waals surface area contributed by atoms with Crippen molar-refractivity contribution in [3.05, 3.63) is 29.3 Å². The molecule has 0 bridgehead atoms. The Hall–Kier alpha value is -1.54. The lowest BCUT2D eigenvalue weighted by atomic mass is 10.1. The second-order valence-corrected chi connectivity index (χ2v) is 4.76. The summed E-state index contributed by atoms with van der Waals surface area (Å²) in [5.41, 5.74) is 1.94. The zero-order chi connectivity index (χ0) is 15.0. The smallest absolute Gasteiger partial charge is 0.134 e. The number of aliphatic hydroxyl groups is 2. The van der Waals surface area contributed by atoms with Crippen LogP contribution in [0.3, 0.4) is 0 Å². The number of rotatable bonds is 6. The van der Waals surface area contributed by atoms with Crippen molar-refractivity contribution in [1.29, 1.82) is 0 Å². The maximum Gasteiger partial charge on any atom is 0.134 e. The van der Waals surface area contributed by atoms with E-state index in [9.17, 15) is 0 Å². The van der Waals surface area contributed by atoms with Crippen molar-refractivity contribution < 1.29 is 14.9 Å². The predicted molar refractivity (Wildman–Crippen MR) is 79.6 cm³/mol. The molecule has 0 saturated heterocycles. The third-order valence-electron chi connectivity index (χ3n) is 3.17. The van der Waals surface area contributed by atoms with Crippen LogP contribution in [0.4, 0.5) is 0 Å². The molecule has 4 heteroatoms. The molecular weight excluding hydrogens is 254 g/mol. The fraction of sp³-hybridized carbons (Fsp3) is 0.500. The summed E-state index contributed by atoms with van der Waals surface area (Å²) < 4.78 is 5.29. The number of aliphatic hydroxyl groups excluding tert-OH is 2. The van der Waals surface area contributed by atoms with E-state index >= 15 is 0 Å². The van der Waals surface area contributed by atoms with E-state index in [1.165, 1.54) is 0 Å². The first kappa shape index (κ1) is 16.5. The van der Waals surface area contributed by atoms with E-state index in [4.69, 9.17) is 14.9 Å². The lowest BCUT2D eigenvalue weighted by Crippen LogP contribution is -2.31. The van der Waals surface area contributed by atoms with Crippen molar-refractivity contribution in [2.24, 2.45) is 0 Å². The zero-order valence-corrected chi connectivity index (χ0v) is 12.4. The molecule has 0 saturated carbocycles. The van der Waals surface area contributed by atoms with Gasteiger partial charge in [-0.2, -0.15) is 0 Å². The first-order valence-corrected chi connectivity index (χ1v) is 6.70. The van der Waals surface area contributed by atoms with Gasteiger partial charge < -0.3 is 14.9 Å². The molecule has 20 heavy (non-hydrogen) atoms. The Morgan fingerprint density at radius 1 is 1.35 bits per heavy atom. The molecule has 0 heterocycles. The number of likely N-dealkylation sites (N-methyl/N-ethyl adjacent to an activating group) is 1. The maximum atomic E-state index is 9.16. The molecule has 0 aromatic heterocycles. The highest BCUT2D eigenvalue weighted by Gasteiger charge is 2.09. The molecule has 0 aliphatic heterocycles. The SMILES string of the molecule is COc1ccc(CN(C)C(C)CO)cc1C#CCCO. The van der Waals surface area contributed by atoms with Crippen LogP contribution in [0.15, 0.2) is 18.2 Å². The summed E-state index contributed by atoms with van der Waals surface area (Å²) in [6, 6.07) is 6.00. The molecular formula is C16H23NO3. The molecule has 4 nitrogen and oxygen atoms in total. The van der Waals surface area contributed by atoms with Gasteiger partial charge in [0.1, 0.15) is 5.75 Å². The minimum absolute atomic E-state index is 0.0613. The Labute approximate surface area is 121 Å². The summed E-state index contributed by atoms with van der Waals surface area (Å²) in [6.07, 6.45) is 0.453. The van der Waals surface area contributed by atoms with E-state index in [0.29, 0.717) is 6.42 Å². The minimum atomic E-state index is 0.0613. The van der Waals surface area contributed by atoms with Crippen LogP contribution in [0.5, 0.6) is 5.75 Å². The van der Waals surface area contributed by atoms with Gasteiger partial charge in [-0.25, -0.2) is 0 Å². The third-order valence-corrected chi connectivity index (χ3v) is 3.17. The Morgan fingerprint density at radius 2 is 2.10 bits per heavy atom. The summed E-state index contributed by atoms with van der Waals surface area (Å²) in [7, 11) is 3.59. The maximum absolute atomic E-state index is 9.16. The topological polar surface area (TPSA) is 52.9 Å². The van der Waals surface area contributed by atoms with Gasteiger partial charge in [0.2, 0.25) is 0 Å². The predicted octanol–water partition coefficient (Wildman–Crippen LogP) is 1.24. The van der Waals surface area contributed by atoms with Crippen LogP contribution in [0.25, 0.3) is 0 Å². The minimum Gasteiger partial charge on any atom is -0.495 e. The number of hydrogen-bond donors (Lipinski definition) is 2. The Kier molecular flexibility index (Phi) is 7.10. The molecule has 0 aliphatic rings. The van der Waals surface area contributed by atoms with Crippen LogP contribution in [0.2, 0.25) is 0 Å². The van der Waals surface area contributed by atoms with Crippen LogP contribution in [0.1, 0.15) is 24.5 Å². The van der Waals surface area contributed by atoms with Crippen LogP contribution >= 0.6 is 0 Å². The van der Waals surface area contributed by atoms with Crippen molar-refractivity contribution in [3.8, 4) is 17.6 Å². The molecule has 1 atom stereocenters. The van der Waals surface area contributed by atoms with E-state index in [0.717, 1.165) is 23.4 Å². The summed E-state index contributed by atoms with van der Waals surface area (Å²) in [6.45, 7) is 2.91. The van der Waals surface area contributed by atoms with Gasteiger partial charge in [-0.15, -0.1) is 0 Å². The fourth-order valence-electron chi connectivity index (χ4n) is 1.75. The standard InChI is InChI=1S/C16H23NO3/c1-13(12-19)17(2)11-14-7-8-16(20-3)15(10-14)6-4-5-9-18/h7-8,10,13,18-19H,5,9,11-12H2,1-3H3. The highest BCUT2D eigenvalue weighted by atomic mass is 16.5. The first-order chi connectivity index (χ1) is 9.62. The van der Waals surface area contributed by atoms with Gasteiger partial charge >= 0.3 is 0 Å². The van der Waals surface area contributed by atoms with Crippen LogP contribution in [-0.4, -0.2) is 48.5 Å². The summed E-state index contributed by atoms with van der Waals surface area (Å²) in [5, 5.41) is 17.9. The number of hydrogen-bond acceptors (Lipinski definition) is 4. The average Bonchev–Trinajstić information content (AvgIpc) is 2.47. The Bertz CT molecular complexity index is 476. The summed E-state index contributed by atoms with van der Waals surface area (Å²) in [5.74, 6) is 6.66. The highest BCUT2D eigenvalue weighted by molar-refractivity contribution is 5.48. The van der Waals surface area contributed by atoms with Crippen molar-refractivity contribution in [3.63, 3.8) is 0 Å². The van der Waals surface area contributed by atoms with Crippen LogP contribution in [0, 0.1) is 11.8 Å². The van der Waals surface area contributed by atoms with Gasteiger partial charge in [-0.1, -0.05) is 17.9 Å². The number of ether oxygens (including phenoxy) is 1. The monoisotopic (exact) mass is 277 g/mol. The molecule has 2 N–H and O–H groups in total. The molecule has 0 spiro atoms. The zero-order valence-electron chi connectivity index (χ0n) is 12.4. The van der Waals surface area contributed by atoms with Crippen molar-refractivity contribution in [2.45, 2.75) is 25.9 Å². The second kappa shape index (κ2) is 8.60. The largest absolute Gasteiger partial charge is 0.495 e. The van der Waals surface area contributed by atoms with Crippen LogP contribution < -0.4 is 4.74 Å². The van der Waals surface area contributed by atoms with Gasteiger partial charge in [0.05, 0.1) is 25.9 Å². The third kappa shape index (κ3) is 4.86. The van der Waals surface area contributed by atoms with E-state index in [1.807, 2.05) is 32.2 Å². The van der Waals surface area contributed by atoms with Gasteiger partial charge in [0.15, 0.2) is 0 Å².